The molecule has 1 N–H and O–H groups in total. The molecule has 0 aromatic heterocycles. The lowest BCUT2D eigenvalue weighted by Gasteiger charge is -2.09. The number of hydrogen-bond donors (Lipinski definition) is 1. The first-order valence-electron chi connectivity index (χ1n) is 6.38. The van der Waals surface area contributed by atoms with Gasteiger partial charge in [0.1, 0.15) is 5.75 Å². The molecule has 2 rings (SSSR count). The topological polar surface area (TPSA) is 55.8 Å². The fourth-order valence-electron chi connectivity index (χ4n) is 1.93. The predicted octanol–water partition coefficient (Wildman–Crippen LogP) is 3.31. The lowest BCUT2D eigenvalue weighted by Crippen LogP contribution is -1.95. The van der Waals surface area contributed by atoms with Crippen molar-refractivity contribution in [1.82, 2.24) is 0 Å². The minimum atomic E-state index is -0.153. The highest BCUT2D eigenvalue weighted by atomic mass is 16.5. The van der Waals surface area contributed by atoms with Gasteiger partial charge >= 0.3 is 0 Å². The maximum atomic E-state index is 12.0. The molecule has 0 aliphatic rings. The minimum absolute atomic E-state index is 0.130. The van der Waals surface area contributed by atoms with Gasteiger partial charge in [-0.2, -0.15) is 0 Å². The molecular weight excluding hydrogens is 268 g/mol. The number of para-hydroxylation sites is 1. The quantitative estimate of drug-likeness (QED) is 0.676. The molecule has 0 amide bonds. The van der Waals surface area contributed by atoms with Crippen LogP contribution in [0.1, 0.15) is 15.9 Å². The van der Waals surface area contributed by atoms with Gasteiger partial charge in [0.2, 0.25) is 0 Å². The molecule has 21 heavy (non-hydrogen) atoms. The van der Waals surface area contributed by atoms with Gasteiger partial charge in [0.25, 0.3) is 0 Å². The summed E-state index contributed by atoms with van der Waals surface area (Å²) in [5.74, 6) is 1.16. The zero-order valence-electron chi connectivity index (χ0n) is 11.9. The maximum Gasteiger partial charge on any atom is 0.185 e. The van der Waals surface area contributed by atoms with Crippen LogP contribution >= 0.6 is 0 Å². The van der Waals surface area contributed by atoms with E-state index in [0.717, 1.165) is 5.56 Å². The number of aromatic hydroxyl groups is 1. The van der Waals surface area contributed by atoms with E-state index in [0.29, 0.717) is 17.1 Å². The summed E-state index contributed by atoms with van der Waals surface area (Å²) in [6, 6.07) is 11.6. The molecule has 0 saturated carbocycles. The molecule has 4 heteroatoms. The van der Waals surface area contributed by atoms with Gasteiger partial charge in [-0.3, -0.25) is 4.79 Å². The first-order valence-corrected chi connectivity index (χ1v) is 6.38. The first-order chi connectivity index (χ1) is 10.2. The Balaban J connectivity index is 2.25. The van der Waals surface area contributed by atoms with Crippen molar-refractivity contribution in [3.63, 3.8) is 0 Å². The average Bonchev–Trinajstić information content (AvgIpc) is 2.52. The van der Waals surface area contributed by atoms with E-state index in [4.69, 9.17) is 9.47 Å². The van der Waals surface area contributed by atoms with Crippen LogP contribution < -0.4 is 9.47 Å². The van der Waals surface area contributed by atoms with E-state index in [9.17, 15) is 9.90 Å². The molecule has 0 saturated heterocycles. The summed E-state index contributed by atoms with van der Waals surface area (Å²) in [5.41, 5.74) is 1.26. The Kier molecular flexibility index (Phi) is 4.61. The van der Waals surface area contributed by atoms with E-state index >= 15 is 0 Å². The summed E-state index contributed by atoms with van der Waals surface area (Å²) in [6.45, 7) is 0. The number of benzene rings is 2. The highest BCUT2D eigenvalue weighted by molar-refractivity contribution is 6.07. The van der Waals surface area contributed by atoms with E-state index < -0.39 is 0 Å². The van der Waals surface area contributed by atoms with Gasteiger partial charge < -0.3 is 14.6 Å². The molecule has 0 bridgehead atoms. The SMILES string of the molecule is COc1cccc(C=CC(=O)c2ccc(O)cc2)c1OC. The second-order valence-corrected chi connectivity index (χ2v) is 4.33. The Morgan fingerprint density at radius 2 is 1.76 bits per heavy atom. The smallest absolute Gasteiger partial charge is 0.185 e. The number of carbonyl (C=O) groups excluding carboxylic acids is 1. The van der Waals surface area contributed by atoms with Crippen LogP contribution in [0.5, 0.6) is 17.2 Å². The van der Waals surface area contributed by atoms with Crippen molar-refractivity contribution in [3.8, 4) is 17.2 Å². The molecule has 0 radical (unpaired) electrons. The number of hydrogen-bond acceptors (Lipinski definition) is 4. The van der Waals surface area contributed by atoms with E-state index in [2.05, 4.69) is 0 Å². The number of phenolic OH excluding ortho intramolecular Hbond substituents is 1. The molecule has 0 unspecified atom stereocenters. The van der Waals surface area contributed by atoms with E-state index in [-0.39, 0.29) is 11.5 Å². The second kappa shape index (κ2) is 6.61. The van der Waals surface area contributed by atoms with Crippen LogP contribution in [0.15, 0.2) is 48.5 Å². The zero-order chi connectivity index (χ0) is 15.2. The van der Waals surface area contributed by atoms with Crippen LogP contribution in [-0.2, 0) is 0 Å². The van der Waals surface area contributed by atoms with Gasteiger partial charge in [0, 0.05) is 11.1 Å². The van der Waals surface area contributed by atoms with Crippen molar-refractivity contribution in [3.05, 3.63) is 59.7 Å². The lowest BCUT2D eigenvalue weighted by atomic mass is 10.1. The number of methoxy groups -OCH3 is 2. The third-order valence-corrected chi connectivity index (χ3v) is 3.00. The molecule has 0 atom stereocenters. The Morgan fingerprint density at radius 3 is 2.38 bits per heavy atom. The van der Waals surface area contributed by atoms with Crippen LogP contribution in [0.25, 0.3) is 6.08 Å². The summed E-state index contributed by atoms with van der Waals surface area (Å²) in [4.78, 5) is 12.0. The Morgan fingerprint density at radius 1 is 1.05 bits per heavy atom. The summed E-state index contributed by atoms with van der Waals surface area (Å²) >= 11 is 0. The van der Waals surface area contributed by atoms with Gasteiger partial charge in [-0.25, -0.2) is 0 Å². The van der Waals surface area contributed by atoms with Crippen LogP contribution in [0.2, 0.25) is 0 Å². The van der Waals surface area contributed by atoms with Crippen LogP contribution in [0, 0.1) is 0 Å². The van der Waals surface area contributed by atoms with Gasteiger partial charge in [-0.15, -0.1) is 0 Å². The standard InChI is InChI=1S/C17H16O4/c1-20-16-5-3-4-13(17(16)21-2)8-11-15(19)12-6-9-14(18)10-7-12/h3-11,18H,1-2H3. The first kappa shape index (κ1) is 14.7. The van der Waals surface area contributed by atoms with Crippen molar-refractivity contribution in [1.29, 1.82) is 0 Å². The van der Waals surface area contributed by atoms with Crippen molar-refractivity contribution in [2.24, 2.45) is 0 Å². The fourth-order valence-corrected chi connectivity index (χ4v) is 1.93. The molecule has 0 aliphatic carbocycles. The fraction of sp³-hybridized carbons (Fsp3) is 0.118. The van der Waals surface area contributed by atoms with E-state index in [1.807, 2.05) is 12.1 Å². The molecule has 0 heterocycles. The third kappa shape index (κ3) is 3.42. The van der Waals surface area contributed by atoms with Crippen LogP contribution in [0.3, 0.4) is 0 Å². The Bertz CT molecular complexity index is 657. The van der Waals surface area contributed by atoms with Crippen molar-refractivity contribution < 1.29 is 19.4 Å². The number of ether oxygens (including phenoxy) is 2. The third-order valence-electron chi connectivity index (χ3n) is 3.00. The molecule has 0 spiro atoms. The summed E-state index contributed by atoms with van der Waals surface area (Å²) in [7, 11) is 3.12. The normalized spacial score (nSPS) is 10.6. The van der Waals surface area contributed by atoms with Gasteiger partial charge in [-0.1, -0.05) is 12.1 Å². The Labute approximate surface area is 123 Å². The van der Waals surface area contributed by atoms with E-state index in [1.165, 1.54) is 18.2 Å². The highest BCUT2D eigenvalue weighted by Gasteiger charge is 2.08. The van der Waals surface area contributed by atoms with Crippen molar-refractivity contribution in [2.75, 3.05) is 14.2 Å². The number of rotatable bonds is 5. The summed E-state index contributed by atoms with van der Waals surface area (Å²) in [5, 5.41) is 9.21. The monoisotopic (exact) mass is 284 g/mol. The summed E-state index contributed by atoms with van der Waals surface area (Å²) < 4.78 is 10.5. The van der Waals surface area contributed by atoms with Crippen molar-refractivity contribution >= 4 is 11.9 Å². The molecule has 0 aliphatic heterocycles. The molecule has 0 fully saturated rings. The van der Waals surface area contributed by atoms with E-state index in [1.54, 1.807) is 38.5 Å². The van der Waals surface area contributed by atoms with Crippen molar-refractivity contribution in [2.45, 2.75) is 0 Å². The predicted molar refractivity (Wildman–Crippen MR) is 81.0 cm³/mol. The molecule has 108 valence electrons. The largest absolute Gasteiger partial charge is 0.508 e. The molecule has 2 aromatic rings. The highest BCUT2D eigenvalue weighted by Crippen LogP contribution is 2.31. The molecule has 4 nitrogen and oxygen atoms in total. The molecule has 2 aromatic carbocycles. The lowest BCUT2D eigenvalue weighted by molar-refractivity contribution is 0.104. The van der Waals surface area contributed by atoms with Gasteiger partial charge in [0.15, 0.2) is 17.3 Å². The van der Waals surface area contributed by atoms with Crippen LogP contribution in [-0.4, -0.2) is 25.1 Å². The number of phenols is 1. The van der Waals surface area contributed by atoms with Crippen LogP contribution in [0.4, 0.5) is 0 Å². The van der Waals surface area contributed by atoms with Gasteiger partial charge in [-0.05, 0) is 42.5 Å². The minimum Gasteiger partial charge on any atom is -0.508 e. The molecular formula is C17H16O4. The van der Waals surface area contributed by atoms with Gasteiger partial charge in [0.05, 0.1) is 14.2 Å². The second-order valence-electron chi connectivity index (χ2n) is 4.33. The average molecular weight is 284 g/mol. The summed E-state index contributed by atoms with van der Waals surface area (Å²) in [6.07, 6.45) is 3.14. The number of carbonyl (C=O) groups is 1. The maximum absolute atomic E-state index is 12.0. The Hall–Kier alpha value is -2.75. The zero-order valence-corrected chi connectivity index (χ0v) is 11.9. The number of allylic oxidation sites excluding steroid dienone is 1. The number of ketones is 1.